The van der Waals surface area contributed by atoms with Gasteiger partial charge in [-0.2, -0.15) is 4.31 Å². The Bertz CT molecular complexity index is 1280. The van der Waals surface area contributed by atoms with E-state index < -0.39 is 22.2 Å². The maximum Gasteiger partial charge on any atom is 0.258 e. The summed E-state index contributed by atoms with van der Waals surface area (Å²) in [5.41, 5.74) is 0.732. The molecule has 4 rings (SSSR count). The number of benzene rings is 2. The Morgan fingerprint density at radius 2 is 1.92 bits per heavy atom. The van der Waals surface area contributed by atoms with Crippen molar-refractivity contribution in [2.45, 2.75) is 43.7 Å². The molecule has 1 fully saturated rings. The molecule has 0 bridgehead atoms. The van der Waals surface area contributed by atoms with Gasteiger partial charge in [0.2, 0.25) is 15.9 Å². The highest BCUT2D eigenvalue weighted by molar-refractivity contribution is 7.89. The number of amides is 2. The molecule has 1 heterocycles. The number of carbonyl (C=O) groups excluding carboxylic acids is 2. The average molecular weight is 546 g/mol. The first-order chi connectivity index (χ1) is 18.0. The van der Waals surface area contributed by atoms with Crippen molar-refractivity contribution in [2.75, 3.05) is 39.2 Å². The summed E-state index contributed by atoms with van der Waals surface area (Å²) in [7, 11) is -0.822. The lowest BCUT2D eigenvalue weighted by atomic mass is 9.99. The molecule has 2 aromatic carbocycles. The number of nitrogens with zero attached hydrogens (tertiary/aromatic N) is 2. The highest BCUT2D eigenvalue weighted by Crippen LogP contribution is 2.33. The normalized spacial score (nSPS) is 20.7. The van der Waals surface area contributed by atoms with E-state index in [2.05, 4.69) is 5.32 Å². The Hall–Kier alpha value is -3.15. The van der Waals surface area contributed by atoms with Gasteiger partial charge >= 0.3 is 0 Å². The van der Waals surface area contributed by atoms with Crippen molar-refractivity contribution in [3.63, 3.8) is 0 Å². The number of hydrogen-bond acceptors (Lipinski definition) is 7. The van der Waals surface area contributed by atoms with E-state index in [1.807, 2.05) is 6.92 Å². The van der Waals surface area contributed by atoms with Gasteiger partial charge in [-0.15, -0.1) is 0 Å². The SMILES string of the molecule is COc1ccc(S(=O)(=O)N(C)C[C@H]2Oc3ccc(NC(=O)C4CC4)cc3C(=O)N([C@H](C)CO)C[C@H]2C)cc1. The fourth-order valence-corrected chi connectivity index (χ4v) is 5.57. The molecule has 1 aliphatic heterocycles. The van der Waals surface area contributed by atoms with Crippen LogP contribution in [0.5, 0.6) is 11.5 Å². The van der Waals surface area contributed by atoms with Crippen LogP contribution in [0.25, 0.3) is 0 Å². The summed E-state index contributed by atoms with van der Waals surface area (Å²) in [5.74, 6) is 0.180. The summed E-state index contributed by atoms with van der Waals surface area (Å²) in [5, 5.41) is 12.7. The molecule has 1 aliphatic carbocycles. The van der Waals surface area contributed by atoms with E-state index in [1.165, 1.54) is 30.6 Å². The molecule has 10 nitrogen and oxygen atoms in total. The molecule has 206 valence electrons. The molecule has 0 unspecified atom stereocenters. The molecule has 2 aliphatic rings. The number of rotatable bonds is 9. The van der Waals surface area contributed by atoms with E-state index in [-0.39, 0.29) is 53.8 Å². The Labute approximate surface area is 223 Å². The van der Waals surface area contributed by atoms with Crippen LogP contribution in [-0.4, -0.2) is 80.5 Å². The zero-order valence-corrected chi connectivity index (χ0v) is 22.9. The van der Waals surface area contributed by atoms with Crippen LogP contribution in [-0.2, 0) is 14.8 Å². The number of methoxy groups -OCH3 is 1. The van der Waals surface area contributed by atoms with Crippen LogP contribution >= 0.6 is 0 Å². The maximum atomic E-state index is 13.6. The van der Waals surface area contributed by atoms with Crippen molar-refractivity contribution in [3.05, 3.63) is 48.0 Å². The van der Waals surface area contributed by atoms with Crippen LogP contribution in [0.15, 0.2) is 47.4 Å². The molecule has 11 heteroatoms. The van der Waals surface area contributed by atoms with Gasteiger partial charge in [0, 0.05) is 31.1 Å². The zero-order valence-electron chi connectivity index (χ0n) is 22.1. The van der Waals surface area contributed by atoms with Crippen LogP contribution < -0.4 is 14.8 Å². The molecule has 38 heavy (non-hydrogen) atoms. The highest BCUT2D eigenvalue weighted by Gasteiger charge is 2.36. The molecule has 0 spiro atoms. The number of carbonyl (C=O) groups is 2. The molecular formula is C27H35N3O7S. The van der Waals surface area contributed by atoms with Gasteiger partial charge in [0.1, 0.15) is 17.6 Å². The van der Waals surface area contributed by atoms with Gasteiger partial charge in [-0.05, 0) is 62.2 Å². The summed E-state index contributed by atoms with van der Waals surface area (Å²) in [6.45, 7) is 3.69. The minimum Gasteiger partial charge on any atom is -0.497 e. The first-order valence-corrected chi connectivity index (χ1v) is 14.1. The third-order valence-corrected chi connectivity index (χ3v) is 8.92. The number of nitrogens with one attached hydrogen (secondary N) is 1. The Kier molecular flexibility index (Phi) is 8.29. The number of anilines is 1. The fraction of sp³-hybridized carbons (Fsp3) is 0.481. The van der Waals surface area contributed by atoms with Crippen molar-refractivity contribution in [2.24, 2.45) is 11.8 Å². The number of aliphatic hydroxyl groups excluding tert-OH is 1. The van der Waals surface area contributed by atoms with E-state index in [1.54, 1.807) is 42.2 Å². The topological polar surface area (TPSA) is 125 Å². The monoisotopic (exact) mass is 545 g/mol. The molecule has 2 N–H and O–H groups in total. The first kappa shape index (κ1) is 27.9. The second-order valence-corrected chi connectivity index (χ2v) is 12.1. The van der Waals surface area contributed by atoms with Gasteiger partial charge in [0.05, 0.1) is 36.8 Å². The van der Waals surface area contributed by atoms with Gasteiger partial charge in [-0.25, -0.2) is 8.42 Å². The largest absolute Gasteiger partial charge is 0.497 e. The summed E-state index contributed by atoms with van der Waals surface area (Å²) in [6, 6.07) is 10.6. The van der Waals surface area contributed by atoms with Gasteiger partial charge < -0.3 is 24.8 Å². The smallest absolute Gasteiger partial charge is 0.258 e. The number of hydrogen-bond donors (Lipinski definition) is 2. The van der Waals surface area contributed by atoms with E-state index in [9.17, 15) is 23.1 Å². The summed E-state index contributed by atoms with van der Waals surface area (Å²) in [6.07, 6.45) is 1.11. The Balaban J connectivity index is 1.63. The number of likely N-dealkylation sites (N-methyl/N-ethyl adjacent to an activating group) is 1. The minimum atomic E-state index is -3.82. The van der Waals surface area contributed by atoms with Crippen LogP contribution in [0.1, 0.15) is 37.0 Å². The highest BCUT2D eigenvalue weighted by atomic mass is 32.2. The molecular weight excluding hydrogens is 510 g/mol. The predicted octanol–water partition coefficient (Wildman–Crippen LogP) is 2.58. The van der Waals surface area contributed by atoms with Crippen molar-refractivity contribution in [1.29, 1.82) is 0 Å². The van der Waals surface area contributed by atoms with Crippen molar-refractivity contribution in [1.82, 2.24) is 9.21 Å². The second-order valence-electron chi connectivity index (χ2n) is 10.1. The number of sulfonamides is 1. The van der Waals surface area contributed by atoms with Crippen LogP contribution in [0.4, 0.5) is 5.69 Å². The minimum absolute atomic E-state index is 0.00305. The average Bonchev–Trinajstić information content (AvgIpc) is 3.76. The maximum absolute atomic E-state index is 13.6. The zero-order chi connectivity index (χ0) is 27.6. The van der Waals surface area contributed by atoms with Gasteiger partial charge in [-0.3, -0.25) is 9.59 Å². The fourth-order valence-electron chi connectivity index (χ4n) is 4.39. The molecule has 2 amide bonds. The third kappa shape index (κ3) is 5.95. The molecule has 3 atom stereocenters. The predicted molar refractivity (Wildman–Crippen MR) is 142 cm³/mol. The number of aliphatic hydroxyl groups is 1. The standard InChI is InChI=1S/C27H35N3O7S/c1-17-14-30(18(2)16-31)27(33)23-13-20(28-26(32)19-5-6-19)7-12-24(23)37-25(17)15-29(3)38(34,35)22-10-8-21(36-4)9-11-22/h7-13,17-19,25,31H,5-6,14-16H2,1-4H3,(H,28,32)/t17-,18-,25-/m1/s1. The lowest BCUT2D eigenvalue weighted by molar-refractivity contribution is -0.117. The van der Waals surface area contributed by atoms with Gasteiger partial charge in [0.25, 0.3) is 5.91 Å². The Morgan fingerprint density at radius 3 is 2.53 bits per heavy atom. The van der Waals surface area contributed by atoms with E-state index >= 15 is 0 Å². The summed E-state index contributed by atoms with van der Waals surface area (Å²) in [4.78, 5) is 27.5. The second kappa shape index (κ2) is 11.3. The molecule has 2 aromatic rings. The van der Waals surface area contributed by atoms with Gasteiger partial charge in [0.15, 0.2) is 0 Å². The van der Waals surface area contributed by atoms with Crippen molar-refractivity contribution < 1.29 is 32.6 Å². The summed E-state index contributed by atoms with van der Waals surface area (Å²) >= 11 is 0. The van der Waals surface area contributed by atoms with E-state index in [4.69, 9.17) is 9.47 Å². The number of ether oxygens (including phenoxy) is 2. The van der Waals surface area contributed by atoms with Crippen molar-refractivity contribution in [3.8, 4) is 11.5 Å². The van der Waals surface area contributed by atoms with Crippen LogP contribution in [0.3, 0.4) is 0 Å². The summed E-state index contributed by atoms with van der Waals surface area (Å²) < 4.78 is 39.2. The lowest BCUT2D eigenvalue weighted by Gasteiger charge is -2.38. The first-order valence-electron chi connectivity index (χ1n) is 12.7. The van der Waals surface area contributed by atoms with Crippen LogP contribution in [0.2, 0.25) is 0 Å². The van der Waals surface area contributed by atoms with E-state index in [0.29, 0.717) is 17.2 Å². The third-order valence-electron chi connectivity index (χ3n) is 7.09. The van der Waals surface area contributed by atoms with E-state index in [0.717, 1.165) is 12.8 Å². The molecule has 0 radical (unpaired) electrons. The Morgan fingerprint density at radius 1 is 1.24 bits per heavy atom. The lowest BCUT2D eigenvalue weighted by Crippen LogP contribution is -2.50. The molecule has 0 aromatic heterocycles. The van der Waals surface area contributed by atoms with Gasteiger partial charge in [-0.1, -0.05) is 6.92 Å². The molecule has 0 saturated heterocycles. The van der Waals surface area contributed by atoms with Crippen molar-refractivity contribution >= 4 is 27.5 Å². The quantitative estimate of drug-likeness (QED) is 0.496. The molecule has 1 saturated carbocycles. The number of fused-ring (bicyclic) bond motifs is 1. The van der Waals surface area contributed by atoms with Crippen LogP contribution in [0, 0.1) is 11.8 Å².